The first kappa shape index (κ1) is 13.9. The van der Waals surface area contributed by atoms with Crippen molar-refractivity contribution in [3.63, 3.8) is 0 Å². The zero-order chi connectivity index (χ0) is 15.1. The molecule has 1 aliphatic heterocycles. The van der Waals surface area contributed by atoms with E-state index < -0.39 is 0 Å². The second kappa shape index (κ2) is 5.07. The first-order valence-corrected chi connectivity index (χ1v) is 7.74. The molecule has 4 heteroatoms. The van der Waals surface area contributed by atoms with Crippen LogP contribution in [0.2, 0.25) is 0 Å². The molecule has 0 atom stereocenters. The molecule has 110 valence electrons. The van der Waals surface area contributed by atoms with Crippen LogP contribution in [0.3, 0.4) is 0 Å². The van der Waals surface area contributed by atoms with Crippen molar-refractivity contribution < 1.29 is 0 Å². The van der Waals surface area contributed by atoms with E-state index in [4.69, 9.17) is 11.4 Å². The number of fused-ring (bicyclic) bond motifs is 3. The monoisotopic (exact) mass is 282 g/mol. The molecule has 0 saturated carbocycles. The number of rotatable bonds is 3. The van der Waals surface area contributed by atoms with Gasteiger partial charge in [0.25, 0.3) is 0 Å². The molecule has 0 fully saturated rings. The fourth-order valence-corrected chi connectivity index (χ4v) is 3.46. The van der Waals surface area contributed by atoms with E-state index in [-0.39, 0.29) is 0 Å². The summed E-state index contributed by atoms with van der Waals surface area (Å²) in [6, 6.07) is 0.551. The van der Waals surface area contributed by atoms with Gasteiger partial charge in [0.05, 0.1) is 11.3 Å². The molecule has 0 unspecified atom stereocenters. The van der Waals surface area contributed by atoms with E-state index in [1.807, 2.05) is 11.4 Å². The first-order valence-electron chi connectivity index (χ1n) is 7.74. The lowest BCUT2D eigenvalue weighted by atomic mass is 10.1. The molecule has 0 aliphatic carbocycles. The molecule has 21 heavy (non-hydrogen) atoms. The minimum Gasteiger partial charge on any atom is -0.353 e. The molecule has 0 bridgehead atoms. The molecule has 0 radical (unpaired) electrons. The lowest BCUT2D eigenvalue weighted by Crippen LogP contribution is -2.34. The van der Waals surface area contributed by atoms with E-state index >= 15 is 0 Å². The molecule has 3 rings (SSSR count). The van der Waals surface area contributed by atoms with Crippen LogP contribution in [0.15, 0.2) is 0 Å². The van der Waals surface area contributed by atoms with Gasteiger partial charge in [-0.25, -0.2) is 4.98 Å². The van der Waals surface area contributed by atoms with Crippen LogP contribution in [0.5, 0.6) is 0 Å². The summed E-state index contributed by atoms with van der Waals surface area (Å²) in [7, 11) is 0. The zero-order valence-electron chi connectivity index (χ0n) is 13.3. The van der Waals surface area contributed by atoms with Crippen LogP contribution in [0.25, 0.3) is 5.65 Å². The number of terminal acetylenes is 1. The molecule has 0 aromatic carbocycles. The van der Waals surface area contributed by atoms with Crippen LogP contribution in [0.1, 0.15) is 49.2 Å². The highest BCUT2D eigenvalue weighted by Gasteiger charge is 2.30. The third-order valence-electron chi connectivity index (χ3n) is 4.62. The van der Waals surface area contributed by atoms with Crippen LogP contribution in [-0.4, -0.2) is 27.2 Å². The molecule has 0 spiro atoms. The Bertz CT molecular complexity index is 732. The van der Waals surface area contributed by atoms with E-state index in [1.165, 1.54) is 11.4 Å². The Morgan fingerprint density at radius 3 is 2.57 bits per heavy atom. The SMILES string of the molecule is C#Cc1c(C)nn2c3c(c(C)nc12)CCN3C(CC)CC. The van der Waals surface area contributed by atoms with Crippen LogP contribution >= 0.6 is 0 Å². The highest BCUT2D eigenvalue weighted by molar-refractivity contribution is 5.67. The smallest absolute Gasteiger partial charge is 0.173 e. The maximum Gasteiger partial charge on any atom is 0.173 e. The predicted molar refractivity (Wildman–Crippen MR) is 85.8 cm³/mol. The molecule has 0 amide bonds. The van der Waals surface area contributed by atoms with Gasteiger partial charge in [-0.05, 0) is 33.1 Å². The average molecular weight is 282 g/mol. The normalized spacial score (nSPS) is 14.0. The molecule has 4 nitrogen and oxygen atoms in total. The zero-order valence-corrected chi connectivity index (χ0v) is 13.3. The highest BCUT2D eigenvalue weighted by atomic mass is 15.4. The molecule has 2 aromatic heterocycles. The van der Waals surface area contributed by atoms with Crippen molar-refractivity contribution in [2.24, 2.45) is 0 Å². The third-order valence-corrected chi connectivity index (χ3v) is 4.62. The summed E-state index contributed by atoms with van der Waals surface area (Å²) in [5, 5.41) is 4.67. The fraction of sp³-hybridized carbons (Fsp3) is 0.529. The van der Waals surface area contributed by atoms with Crippen LogP contribution < -0.4 is 4.90 Å². The number of hydrogen-bond acceptors (Lipinski definition) is 3. The maximum atomic E-state index is 5.65. The second-order valence-corrected chi connectivity index (χ2v) is 5.75. The summed E-state index contributed by atoms with van der Waals surface area (Å²) >= 11 is 0. The fourth-order valence-electron chi connectivity index (χ4n) is 3.46. The van der Waals surface area contributed by atoms with Gasteiger partial charge in [0.2, 0.25) is 0 Å². The summed E-state index contributed by atoms with van der Waals surface area (Å²) in [6.07, 6.45) is 8.97. The average Bonchev–Trinajstić information content (AvgIpc) is 3.02. The van der Waals surface area contributed by atoms with Crippen molar-refractivity contribution in [1.29, 1.82) is 0 Å². The molecule has 2 aromatic rings. The topological polar surface area (TPSA) is 33.4 Å². The molecule has 0 saturated heterocycles. The van der Waals surface area contributed by atoms with Crippen molar-refractivity contribution in [3.8, 4) is 12.3 Å². The van der Waals surface area contributed by atoms with Gasteiger partial charge in [0.1, 0.15) is 5.82 Å². The number of nitrogens with zero attached hydrogens (tertiary/aromatic N) is 4. The Morgan fingerprint density at radius 2 is 1.95 bits per heavy atom. The molecule has 3 heterocycles. The number of aryl methyl sites for hydroxylation is 2. The lowest BCUT2D eigenvalue weighted by molar-refractivity contribution is 0.563. The Morgan fingerprint density at radius 1 is 1.24 bits per heavy atom. The van der Waals surface area contributed by atoms with Crippen molar-refractivity contribution in [3.05, 3.63) is 22.5 Å². The van der Waals surface area contributed by atoms with Gasteiger partial charge in [0.15, 0.2) is 5.65 Å². The second-order valence-electron chi connectivity index (χ2n) is 5.75. The number of hydrogen-bond donors (Lipinski definition) is 0. The number of anilines is 1. The van der Waals surface area contributed by atoms with Gasteiger partial charge in [-0.1, -0.05) is 19.8 Å². The molecular formula is C17H22N4. The lowest BCUT2D eigenvalue weighted by Gasteiger charge is -2.28. The summed E-state index contributed by atoms with van der Waals surface area (Å²) in [5.41, 5.74) is 4.93. The van der Waals surface area contributed by atoms with Gasteiger partial charge >= 0.3 is 0 Å². The van der Waals surface area contributed by atoms with Gasteiger partial charge in [-0.15, -0.1) is 6.42 Å². The number of aromatic nitrogens is 3. The van der Waals surface area contributed by atoms with E-state index in [0.29, 0.717) is 6.04 Å². The van der Waals surface area contributed by atoms with E-state index in [1.54, 1.807) is 0 Å². The van der Waals surface area contributed by atoms with Gasteiger partial charge in [-0.3, -0.25) is 0 Å². The Balaban J connectivity index is 2.29. The largest absolute Gasteiger partial charge is 0.353 e. The van der Waals surface area contributed by atoms with Crippen molar-refractivity contribution in [1.82, 2.24) is 14.6 Å². The van der Waals surface area contributed by atoms with Gasteiger partial charge in [-0.2, -0.15) is 9.61 Å². The summed E-state index contributed by atoms with van der Waals surface area (Å²) in [6.45, 7) is 9.59. The molecular weight excluding hydrogens is 260 g/mol. The van der Waals surface area contributed by atoms with Gasteiger partial charge < -0.3 is 4.90 Å². The molecule has 1 aliphatic rings. The van der Waals surface area contributed by atoms with E-state index in [2.05, 4.69) is 36.7 Å². The van der Waals surface area contributed by atoms with Crippen LogP contribution in [-0.2, 0) is 6.42 Å². The maximum absolute atomic E-state index is 5.65. The molecule has 0 N–H and O–H groups in total. The minimum atomic E-state index is 0.551. The Kier molecular flexibility index (Phi) is 3.36. The van der Waals surface area contributed by atoms with Crippen LogP contribution in [0.4, 0.5) is 5.82 Å². The quantitative estimate of drug-likeness (QED) is 0.812. The summed E-state index contributed by atoms with van der Waals surface area (Å²) in [5.74, 6) is 3.95. The summed E-state index contributed by atoms with van der Waals surface area (Å²) < 4.78 is 1.97. The summed E-state index contributed by atoms with van der Waals surface area (Å²) in [4.78, 5) is 7.21. The highest BCUT2D eigenvalue weighted by Crippen LogP contribution is 2.34. The van der Waals surface area contributed by atoms with Crippen molar-refractivity contribution >= 4 is 11.5 Å². The van der Waals surface area contributed by atoms with Crippen molar-refractivity contribution in [2.75, 3.05) is 11.4 Å². The standard InChI is InChI=1S/C17H22N4/c1-6-13(7-2)20-10-9-15-11(4)18-16-14(8-3)12(5)19-21(16)17(15)20/h3,13H,6-7,9-10H2,1-2,4-5H3. The predicted octanol–water partition coefficient (Wildman–Crippen LogP) is 2.88. The third kappa shape index (κ3) is 1.91. The van der Waals surface area contributed by atoms with Crippen LogP contribution in [0, 0.1) is 26.2 Å². The first-order chi connectivity index (χ1) is 10.1. The van der Waals surface area contributed by atoms with Gasteiger partial charge in [0, 0.05) is 23.8 Å². The van der Waals surface area contributed by atoms with E-state index in [0.717, 1.165) is 48.4 Å². The Hall–Kier alpha value is -2.02. The van der Waals surface area contributed by atoms with Crippen molar-refractivity contribution in [2.45, 2.75) is 53.0 Å². The Labute approximate surface area is 126 Å². The van der Waals surface area contributed by atoms with E-state index in [9.17, 15) is 0 Å². The minimum absolute atomic E-state index is 0.551.